The van der Waals surface area contributed by atoms with Crippen LogP contribution in [0.2, 0.25) is 5.02 Å². The van der Waals surface area contributed by atoms with Gasteiger partial charge in [-0.15, -0.1) is 0 Å². The van der Waals surface area contributed by atoms with Gasteiger partial charge in [0.15, 0.2) is 11.5 Å². The van der Waals surface area contributed by atoms with Crippen LogP contribution in [0.25, 0.3) is 27.6 Å². The third-order valence-electron chi connectivity index (χ3n) is 5.28. The van der Waals surface area contributed by atoms with Crippen LogP contribution in [0.15, 0.2) is 53.8 Å². The summed E-state index contributed by atoms with van der Waals surface area (Å²) in [5.41, 5.74) is -0.334. The third kappa shape index (κ3) is 3.39. The van der Waals surface area contributed by atoms with E-state index in [9.17, 15) is 18.0 Å². The first kappa shape index (κ1) is 21.0. The second-order valence-electron chi connectivity index (χ2n) is 7.29. The van der Waals surface area contributed by atoms with E-state index in [4.69, 9.17) is 11.6 Å². The van der Waals surface area contributed by atoms with Crippen LogP contribution < -0.4 is 10.9 Å². The highest BCUT2D eigenvalue weighted by molar-refractivity contribution is 6.35. The summed E-state index contributed by atoms with van der Waals surface area (Å²) >= 11 is 6.06. The smallest absolute Gasteiger partial charge is 0.265 e. The monoisotopic (exact) mass is 470 g/mol. The summed E-state index contributed by atoms with van der Waals surface area (Å²) in [6.07, 6.45) is 2.77. The summed E-state index contributed by atoms with van der Waals surface area (Å²) in [7, 11) is 0. The summed E-state index contributed by atoms with van der Waals surface area (Å²) in [5, 5.41) is 2.81. The average Bonchev–Trinajstić information content (AvgIpc) is 3.27. The van der Waals surface area contributed by atoms with Gasteiger partial charge >= 0.3 is 0 Å². The van der Waals surface area contributed by atoms with Gasteiger partial charge in [0.2, 0.25) is 0 Å². The molecule has 5 rings (SSSR count). The maximum absolute atomic E-state index is 14.8. The first-order valence-electron chi connectivity index (χ1n) is 9.75. The molecule has 0 fully saturated rings. The number of rotatable bonds is 4. The van der Waals surface area contributed by atoms with E-state index in [-0.39, 0.29) is 11.1 Å². The van der Waals surface area contributed by atoms with Crippen LogP contribution in [0.1, 0.15) is 18.7 Å². The van der Waals surface area contributed by atoms with Crippen LogP contribution in [0, 0.1) is 17.5 Å². The van der Waals surface area contributed by atoms with Gasteiger partial charge in [-0.25, -0.2) is 28.1 Å². The van der Waals surface area contributed by atoms with Crippen molar-refractivity contribution in [1.82, 2.24) is 24.5 Å². The van der Waals surface area contributed by atoms with Crippen molar-refractivity contribution in [1.29, 1.82) is 0 Å². The molecule has 33 heavy (non-hydrogen) atoms. The van der Waals surface area contributed by atoms with Crippen molar-refractivity contribution in [3.05, 3.63) is 87.6 Å². The first-order chi connectivity index (χ1) is 15.9. The molecule has 0 saturated carbocycles. The van der Waals surface area contributed by atoms with Gasteiger partial charge in [-0.3, -0.25) is 9.36 Å². The van der Waals surface area contributed by atoms with Gasteiger partial charge in [-0.05, 0) is 36.6 Å². The van der Waals surface area contributed by atoms with Gasteiger partial charge in [0.1, 0.15) is 35.0 Å². The van der Waals surface area contributed by atoms with Crippen LogP contribution in [-0.4, -0.2) is 24.5 Å². The molecule has 0 aliphatic heterocycles. The lowest BCUT2D eigenvalue weighted by Crippen LogP contribution is -2.27. The van der Waals surface area contributed by atoms with Crippen molar-refractivity contribution in [3.8, 4) is 5.69 Å². The zero-order valence-electron chi connectivity index (χ0n) is 16.9. The molecule has 0 spiro atoms. The van der Waals surface area contributed by atoms with E-state index in [1.54, 1.807) is 6.92 Å². The molecule has 0 aliphatic carbocycles. The Kier molecular flexibility index (Phi) is 5.01. The molecule has 7 nitrogen and oxygen atoms in total. The predicted molar refractivity (Wildman–Crippen MR) is 118 cm³/mol. The fourth-order valence-electron chi connectivity index (χ4n) is 3.76. The minimum atomic E-state index is -0.964. The normalized spacial score (nSPS) is 12.4. The lowest BCUT2D eigenvalue weighted by atomic mass is 10.1. The molecule has 11 heteroatoms. The molecule has 0 saturated heterocycles. The Morgan fingerprint density at radius 1 is 1.06 bits per heavy atom. The number of hydrogen-bond donors (Lipinski definition) is 2. The maximum atomic E-state index is 14.8. The van der Waals surface area contributed by atoms with Crippen LogP contribution in [0.4, 0.5) is 19.0 Å². The van der Waals surface area contributed by atoms with Crippen molar-refractivity contribution in [2.24, 2.45) is 0 Å². The quantitative estimate of drug-likeness (QED) is 0.390. The molecular weight excluding hydrogens is 457 g/mol. The highest BCUT2D eigenvalue weighted by Crippen LogP contribution is 2.30. The van der Waals surface area contributed by atoms with E-state index in [0.717, 1.165) is 22.8 Å². The van der Waals surface area contributed by atoms with Gasteiger partial charge < -0.3 is 10.3 Å². The number of halogens is 4. The van der Waals surface area contributed by atoms with Gasteiger partial charge in [-0.1, -0.05) is 23.7 Å². The van der Waals surface area contributed by atoms with E-state index in [2.05, 4.69) is 25.3 Å². The standard InChI is InChI=1S/C22H14ClF3N6O/c1-10(31-21-18-20(28-8-27-18)29-9-30-21)15-7-11-5-6-12(24)17(23)16(11)22(33)32(15)19-13(25)3-2-4-14(19)26/h2-10H,1H3,(H2,27,28,29,30,31). The van der Waals surface area contributed by atoms with E-state index in [0.29, 0.717) is 22.4 Å². The molecule has 1 atom stereocenters. The van der Waals surface area contributed by atoms with Crippen LogP contribution in [0.5, 0.6) is 0 Å². The molecular formula is C22H14ClF3N6O. The van der Waals surface area contributed by atoms with E-state index < -0.39 is 39.8 Å². The predicted octanol–water partition coefficient (Wildman–Crippen LogP) is 4.90. The second kappa shape index (κ2) is 7.89. The van der Waals surface area contributed by atoms with Crippen molar-refractivity contribution in [2.45, 2.75) is 13.0 Å². The number of para-hydroxylation sites is 1. The zero-order chi connectivity index (χ0) is 23.3. The molecule has 0 bridgehead atoms. The fourth-order valence-corrected chi connectivity index (χ4v) is 4.01. The number of nitrogens with one attached hydrogen (secondary N) is 2. The Hall–Kier alpha value is -3.92. The molecule has 2 aromatic carbocycles. The fraction of sp³-hybridized carbons (Fsp3) is 0.0909. The van der Waals surface area contributed by atoms with E-state index >= 15 is 0 Å². The largest absolute Gasteiger partial charge is 0.360 e. The minimum absolute atomic E-state index is 0.188. The second-order valence-corrected chi connectivity index (χ2v) is 7.67. The minimum Gasteiger partial charge on any atom is -0.360 e. The number of aromatic amines is 1. The number of hydrogen-bond acceptors (Lipinski definition) is 5. The lowest BCUT2D eigenvalue weighted by molar-refractivity contribution is 0.561. The van der Waals surface area contributed by atoms with Crippen LogP contribution in [-0.2, 0) is 0 Å². The maximum Gasteiger partial charge on any atom is 0.265 e. The molecule has 5 aromatic rings. The van der Waals surface area contributed by atoms with Crippen LogP contribution >= 0.6 is 11.6 Å². The molecule has 0 amide bonds. The Morgan fingerprint density at radius 2 is 1.82 bits per heavy atom. The lowest BCUT2D eigenvalue weighted by Gasteiger charge is -2.22. The third-order valence-corrected chi connectivity index (χ3v) is 5.65. The number of imidazole rings is 1. The Labute approximate surface area is 188 Å². The molecule has 0 radical (unpaired) electrons. The summed E-state index contributed by atoms with van der Waals surface area (Å²) in [4.78, 5) is 28.7. The number of benzene rings is 2. The number of nitrogens with zero attached hydrogens (tertiary/aromatic N) is 4. The number of H-pyrrole nitrogens is 1. The van der Waals surface area contributed by atoms with Gasteiger partial charge in [-0.2, -0.15) is 0 Å². The van der Waals surface area contributed by atoms with E-state index in [1.165, 1.54) is 30.9 Å². The summed E-state index contributed by atoms with van der Waals surface area (Å²) in [5.74, 6) is -2.40. The summed E-state index contributed by atoms with van der Waals surface area (Å²) < 4.78 is 44.5. The number of fused-ring (bicyclic) bond motifs is 2. The van der Waals surface area contributed by atoms with Crippen molar-refractivity contribution >= 4 is 39.4 Å². The topological polar surface area (TPSA) is 88.5 Å². The molecule has 2 N–H and O–H groups in total. The van der Waals surface area contributed by atoms with Crippen LogP contribution in [0.3, 0.4) is 0 Å². The Morgan fingerprint density at radius 3 is 2.58 bits per heavy atom. The van der Waals surface area contributed by atoms with Crippen molar-refractivity contribution in [2.75, 3.05) is 5.32 Å². The molecule has 0 aliphatic rings. The SMILES string of the molecule is CC(Nc1ncnc2[nH]cnc12)c1cc2ccc(F)c(Cl)c2c(=O)n1-c1c(F)cccc1F. The van der Waals surface area contributed by atoms with E-state index in [1.807, 2.05) is 0 Å². The summed E-state index contributed by atoms with van der Waals surface area (Å²) in [6.45, 7) is 1.68. The molecule has 3 heterocycles. The van der Waals surface area contributed by atoms with Crippen molar-refractivity contribution in [3.63, 3.8) is 0 Å². The number of pyridine rings is 1. The zero-order valence-corrected chi connectivity index (χ0v) is 17.7. The van der Waals surface area contributed by atoms with Gasteiger partial charge in [0, 0.05) is 5.69 Å². The highest BCUT2D eigenvalue weighted by Gasteiger charge is 2.23. The van der Waals surface area contributed by atoms with Crippen molar-refractivity contribution < 1.29 is 13.2 Å². The molecule has 3 aromatic heterocycles. The first-order valence-corrected chi connectivity index (χ1v) is 10.1. The molecule has 1 unspecified atom stereocenters. The van der Waals surface area contributed by atoms with Gasteiger partial charge in [0.25, 0.3) is 5.56 Å². The Bertz CT molecular complexity index is 1580. The summed E-state index contributed by atoms with van der Waals surface area (Å²) in [6, 6.07) is 6.58. The Balaban J connectivity index is 1.78. The number of aromatic nitrogens is 5. The van der Waals surface area contributed by atoms with Gasteiger partial charge in [0.05, 0.1) is 22.8 Å². The number of anilines is 1. The molecule has 166 valence electrons. The average molecular weight is 471 g/mol. The highest BCUT2D eigenvalue weighted by atomic mass is 35.5.